The summed E-state index contributed by atoms with van der Waals surface area (Å²) in [5, 5.41) is 3.68. The van der Waals surface area contributed by atoms with Crippen LogP contribution in [0.4, 0.5) is 0 Å². The van der Waals surface area contributed by atoms with Crippen LogP contribution in [-0.4, -0.2) is 5.78 Å². The summed E-state index contributed by atoms with van der Waals surface area (Å²) in [6.07, 6.45) is 0. The third-order valence-electron chi connectivity index (χ3n) is 2.96. The largest absolute Gasteiger partial charge is 0.288 e. The number of thiophene rings is 1. The molecule has 0 spiro atoms. The number of benzene rings is 2. The number of rotatable bonds is 2. The van der Waals surface area contributed by atoms with Crippen LogP contribution in [0.25, 0.3) is 10.1 Å². The lowest BCUT2D eigenvalue weighted by Gasteiger charge is -2.06. The van der Waals surface area contributed by atoms with Crippen molar-refractivity contribution in [3.8, 4) is 0 Å². The number of hydrogen-bond donors (Lipinski definition) is 0. The summed E-state index contributed by atoms with van der Waals surface area (Å²) in [6.45, 7) is 0. The van der Waals surface area contributed by atoms with E-state index in [0.29, 0.717) is 16.1 Å². The molecule has 0 aliphatic carbocycles. The molecule has 3 rings (SSSR count). The van der Waals surface area contributed by atoms with Crippen molar-refractivity contribution in [2.75, 3.05) is 0 Å². The Kier molecular flexibility index (Phi) is 3.74. The summed E-state index contributed by atoms with van der Waals surface area (Å²) in [5.41, 5.74) is 0.901. The van der Waals surface area contributed by atoms with Gasteiger partial charge in [0.05, 0.1) is 15.6 Å². The SMILES string of the molecule is O=C(c1c(Cl)cc(Cl)cc1Cl)c1csc2ccccc12. The Hall–Kier alpha value is -1.06. The quantitative estimate of drug-likeness (QED) is 0.515. The fourth-order valence-corrected chi connectivity index (χ4v) is 3.98. The van der Waals surface area contributed by atoms with Gasteiger partial charge < -0.3 is 0 Å². The number of halogens is 3. The number of carbonyl (C=O) groups excluding carboxylic acids is 1. The fraction of sp³-hybridized carbons (Fsp3) is 0. The molecule has 20 heavy (non-hydrogen) atoms. The highest BCUT2D eigenvalue weighted by atomic mass is 35.5. The van der Waals surface area contributed by atoms with Crippen molar-refractivity contribution in [1.82, 2.24) is 0 Å². The van der Waals surface area contributed by atoms with Gasteiger partial charge in [0.1, 0.15) is 0 Å². The number of ketones is 1. The Morgan fingerprint density at radius 1 is 1.00 bits per heavy atom. The van der Waals surface area contributed by atoms with E-state index in [0.717, 1.165) is 10.1 Å². The monoisotopic (exact) mass is 340 g/mol. The Bertz CT molecular complexity index is 800. The minimum atomic E-state index is -0.186. The van der Waals surface area contributed by atoms with Crippen molar-refractivity contribution >= 4 is 62.0 Å². The molecule has 0 bridgehead atoms. The first-order chi connectivity index (χ1) is 9.58. The predicted molar refractivity (Wildman–Crippen MR) is 86.7 cm³/mol. The highest BCUT2D eigenvalue weighted by Gasteiger charge is 2.20. The average Bonchev–Trinajstić information content (AvgIpc) is 2.81. The second kappa shape index (κ2) is 5.38. The van der Waals surface area contributed by atoms with E-state index in [1.165, 1.54) is 23.5 Å². The maximum atomic E-state index is 12.7. The molecule has 0 aliphatic heterocycles. The molecular formula is C15H7Cl3OS. The maximum Gasteiger partial charge on any atom is 0.197 e. The van der Waals surface area contributed by atoms with Crippen LogP contribution in [0.15, 0.2) is 41.8 Å². The first-order valence-electron chi connectivity index (χ1n) is 5.73. The highest BCUT2D eigenvalue weighted by molar-refractivity contribution is 7.17. The molecular weight excluding hydrogens is 335 g/mol. The molecule has 0 saturated heterocycles. The molecule has 1 aromatic heterocycles. The van der Waals surface area contributed by atoms with E-state index in [4.69, 9.17) is 34.8 Å². The molecule has 5 heteroatoms. The molecule has 100 valence electrons. The van der Waals surface area contributed by atoms with Crippen molar-refractivity contribution in [2.45, 2.75) is 0 Å². The van der Waals surface area contributed by atoms with Gasteiger partial charge in [0.15, 0.2) is 5.78 Å². The normalized spacial score (nSPS) is 10.9. The van der Waals surface area contributed by atoms with E-state index in [1.807, 2.05) is 29.6 Å². The zero-order valence-corrected chi connectivity index (χ0v) is 13.1. The van der Waals surface area contributed by atoms with E-state index in [9.17, 15) is 4.79 Å². The lowest BCUT2D eigenvalue weighted by atomic mass is 10.0. The zero-order chi connectivity index (χ0) is 14.3. The Balaban J connectivity index is 2.19. The van der Waals surface area contributed by atoms with Gasteiger partial charge in [-0.2, -0.15) is 0 Å². The van der Waals surface area contributed by atoms with Crippen LogP contribution in [0.3, 0.4) is 0 Å². The molecule has 1 heterocycles. The van der Waals surface area contributed by atoms with Crippen molar-refractivity contribution in [3.05, 3.63) is 68.0 Å². The lowest BCUT2D eigenvalue weighted by Crippen LogP contribution is -2.02. The van der Waals surface area contributed by atoms with Gasteiger partial charge in [-0.25, -0.2) is 0 Å². The van der Waals surface area contributed by atoms with Crippen LogP contribution in [-0.2, 0) is 0 Å². The van der Waals surface area contributed by atoms with Crippen LogP contribution in [0.5, 0.6) is 0 Å². The molecule has 2 aromatic carbocycles. The summed E-state index contributed by atoms with van der Waals surface area (Å²) >= 11 is 19.6. The smallest absolute Gasteiger partial charge is 0.197 e. The Morgan fingerprint density at radius 3 is 2.35 bits per heavy atom. The second-order valence-electron chi connectivity index (χ2n) is 4.22. The summed E-state index contributed by atoms with van der Waals surface area (Å²) in [5.74, 6) is -0.186. The zero-order valence-electron chi connectivity index (χ0n) is 9.99. The molecule has 0 radical (unpaired) electrons. The molecule has 0 unspecified atom stereocenters. The van der Waals surface area contributed by atoms with E-state index < -0.39 is 0 Å². The van der Waals surface area contributed by atoms with Crippen molar-refractivity contribution in [3.63, 3.8) is 0 Å². The first-order valence-corrected chi connectivity index (χ1v) is 7.75. The van der Waals surface area contributed by atoms with Gasteiger partial charge in [0, 0.05) is 26.1 Å². The molecule has 3 aromatic rings. The van der Waals surface area contributed by atoms with Gasteiger partial charge in [-0.05, 0) is 18.2 Å². The number of hydrogen-bond acceptors (Lipinski definition) is 2. The molecule has 0 fully saturated rings. The lowest BCUT2D eigenvalue weighted by molar-refractivity contribution is 0.104. The highest BCUT2D eigenvalue weighted by Crippen LogP contribution is 2.34. The minimum absolute atomic E-state index is 0.186. The van der Waals surface area contributed by atoms with Gasteiger partial charge in [-0.1, -0.05) is 53.0 Å². The van der Waals surface area contributed by atoms with E-state index in [1.54, 1.807) is 0 Å². The maximum absolute atomic E-state index is 12.7. The molecule has 0 saturated carbocycles. The Labute approximate surface area is 134 Å². The van der Waals surface area contributed by atoms with E-state index in [-0.39, 0.29) is 15.8 Å². The van der Waals surface area contributed by atoms with Crippen molar-refractivity contribution in [1.29, 1.82) is 0 Å². The van der Waals surface area contributed by atoms with E-state index in [2.05, 4.69) is 0 Å². The topological polar surface area (TPSA) is 17.1 Å². The number of fused-ring (bicyclic) bond motifs is 1. The summed E-state index contributed by atoms with van der Waals surface area (Å²) < 4.78 is 1.05. The molecule has 1 nitrogen and oxygen atoms in total. The van der Waals surface area contributed by atoms with E-state index >= 15 is 0 Å². The fourth-order valence-electron chi connectivity index (χ4n) is 2.05. The van der Waals surface area contributed by atoms with Crippen LogP contribution in [0.1, 0.15) is 15.9 Å². The first kappa shape index (κ1) is 13.9. The van der Waals surface area contributed by atoms with Gasteiger partial charge >= 0.3 is 0 Å². The second-order valence-corrected chi connectivity index (χ2v) is 6.38. The Morgan fingerprint density at radius 2 is 1.65 bits per heavy atom. The summed E-state index contributed by atoms with van der Waals surface area (Å²) in [6, 6.07) is 10.8. The standard InChI is InChI=1S/C15H7Cl3OS/c16-8-5-11(17)14(12(18)6-8)15(19)10-7-20-13-4-2-1-3-9(10)13/h1-7H. The van der Waals surface area contributed by atoms with Crippen LogP contribution < -0.4 is 0 Å². The molecule has 0 N–H and O–H groups in total. The average molecular weight is 342 g/mol. The van der Waals surface area contributed by atoms with Crippen LogP contribution in [0, 0.1) is 0 Å². The summed E-state index contributed by atoms with van der Waals surface area (Å²) in [4.78, 5) is 12.7. The van der Waals surface area contributed by atoms with Gasteiger partial charge in [0.2, 0.25) is 0 Å². The van der Waals surface area contributed by atoms with Crippen LogP contribution >= 0.6 is 46.1 Å². The third kappa shape index (κ3) is 2.33. The van der Waals surface area contributed by atoms with Crippen LogP contribution in [0.2, 0.25) is 15.1 Å². The van der Waals surface area contributed by atoms with Gasteiger partial charge in [0.25, 0.3) is 0 Å². The molecule has 0 aliphatic rings. The minimum Gasteiger partial charge on any atom is -0.288 e. The van der Waals surface area contributed by atoms with Gasteiger partial charge in [-0.15, -0.1) is 11.3 Å². The van der Waals surface area contributed by atoms with Gasteiger partial charge in [-0.3, -0.25) is 4.79 Å². The predicted octanol–water partition coefficient (Wildman–Crippen LogP) is 6.09. The number of carbonyl (C=O) groups is 1. The van der Waals surface area contributed by atoms with Crippen molar-refractivity contribution in [2.24, 2.45) is 0 Å². The molecule has 0 amide bonds. The van der Waals surface area contributed by atoms with Crippen molar-refractivity contribution < 1.29 is 4.79 Å². The summed E-state index contributed by atoms with van der Waals surface area (Å²) in [7, 11) is 0. The third-order valence-corrected chi connectivity index (χ3v) is 4.74. The molecule has 0 atom stereocenters.